The van der Waals surface area contributed by atoms with E-state index < -0.39 is 6.10 Å². The Hall–Kier alpha value is -0.740. The molecule has 2 atom stereocenters. The van der Waals surface area contributed by atoms with Gasteiger partial charge in [-0.15, -0.1) is 0 Å². The number of likely N-dealkylation sites (tertiary alicyclic amines) is 1. The Kier molecular flexibility index (Phi) is 5.76. The van der Waals surface area contributed by atoms with Gasteiger partial charge in [0.15, 0.2) is 0 Å². The number of hydrogen-bond acceptors (Lipinski definition) is 3. The molecule has 2 fully saturated rings. The third kappa shape index (κ3) is 3.91. The quantitative estimate of drug-likeness (QED) is 0.741. The maximum absolute atomic E-state index is 10.5. The number of aliphatic hydroxyl groups excluding tert-OH is 2. The third-order valence-electron chi connectivity index (χ3n) is 5.59. The number of rotatable bonds is 4. The van der Waals surface area contributed by atoms with E-state index in [0.717, 1.165) is 31.2 Å². The van der Waals surface area contributed by atoms with Gasteiger partial charge in [0.1, 0.15) is 11.9 Å². The minimum atomic E-state index is -0.811. The lowest BCUT2D eigenvalue weighted by molar-refractivity contribution is 0.00604. The van der Waals surface area contributed by atoms with Crippen LogP contribution in [0.3, 0.4) is 0 Å². The second kappa shape index (κ2) is 7.65. The van der Waals surface area contributed by atoms with Gasteiger partial charge in [-0.05, 0) is 68.7 Å². The monoisotopic (exact) mass is 369 g/mol. The molecular weight excluding hydrogens is 345 g/mol. The minimum absolute atomic E-state index is 0.00848. The third-order valence-corrected chi connectivity index (χ3v) is 6.33. The molecule has 3 nitrogen and oxygen atoms in total. The zero-order valence-corrected chi connectivity index (χ0v) is 15.5. The van der Waals surface area contributed by atoms with E-state index in [2.05, 4.69) is 11.8 Å². The SMILES string of the molecule is CC1CCN1C1CCC(C(O)C(O)=Cc2ccc(Cl)c(Cl)c2)CC1. The minimum Gasteiger partial charge on any atom is -0.510 e. The summed E-state index contributed by atoms with van der Waals surface area (Å²) in [6.45, 7) is 3.50. The molecule has 1 aliphatic heterocycles. The summed E-state index contributed by atoms with van der Waals surface area (Å²) in [5.74, 6) is 0.131. The van der Waals surface area contributed by atoms with Crippen LogP contribution in [-0.4, -0.2) is 39.8 Å². The molecule has 0 aromatic heterocycles. The van der Waals surface area contributed by atoms with Crippen molar-refractivity contribution in [1.82, 2.24) is 4.90 Å². The lowest BCUT2D eigenvalue weighted by Crippen LogP contribution is -2.53. The summed E-state index contributed by atoms with van der Waals surface area (Å²) in [6, 6.07) is 6.51. The van der Waals surface area contributed by atoms with Crippen LogP contribution >= 0.6 is 23.2 Å². The Labute approximate surface area is 153 Å². The van der Waals surface area contributed by atoms with Crippen molar-refractivity contribution in [3.63, 3.8) is 0 Å². The molecule has 0 radical (unpaired) electrons. The molecule has 2 unspecified atom stereocenters. The van der Waals surface area contributed by atoms with Crippen molar-refractivity contribution in [1.29, 1.82) is 0 Å². The average molecular weight is 370 g/mol. The van der Waals surface area contributed by atoms with Crippen LogP contribution in [0.25, 0.3) is 6.08 Å². The molecule has 0 spiro atoms. The van der Waals surface area contributed by atoms with Gasteiger partial charge in [0.25, 0.3) is 0 Å². The summed E-state index contributed by atoms with van der Waals surface area (Å²) in [7, 11) is 0. The molecule has 2 N–H and O–H groups in total. The van der Waals surface area contributed by atoms with E-state index in [0.29, 0.717) is 22.1 Å². The molecule has 1 aliphatic carbocycles. The first kappa shape index (κ1) is 18.1. The van der Waals surface area contributed by atoms with Crippen molar-refractivity contribution in [2.75, 3.05) is 6.54 Å². The van der Waals surface area contributed by atoms with Gasteiger partial charge in [-0.25, -0.2) is 0 Å². The van der Waals surface area contributed by atoms with Crippen molar-refractivity contribution >= 4 is 29.3 Å². The molecule has 1 heterocycles. The number of halogens is 2. The molecule has 132 valence electrons. The number of nitrogens with zero attached hydrogens (tertiary/aromatic N) is 1. The van der Waals surface area contributed by atoms with E-state index in [-0.39, 0.29) is 11.7 Å². The fourth-order valence-corrected chi connectivity index (χ4v) is 4.23. The first-order valence-electron chi connectivity index (χ1n) is 8.75. The highest BCUT2D eigenvalue weighted by molar-refractivity contribution is 6.42. The van der Waals surface area contributed by atoms with Crippen LogP contribution in [-0.2, 0) is 0 Å². The molecule has 1 aromatic carbocycles. The highest BCUT2D eigenvalue weighted by atomic mass is 35.5. The molecule has 3 rings (SSSR count). The van der Waals surface area contributed by atoms with E-state index in [1.165, 1.54) is 13.0 Å². The first-order valence-corrected chi connectivity index (χ1v) is 9.50. The second-order valence-electron chi connectivity index (χ2n) is 7.13. The summed E-state index contributed by atoms with van der Waals surface area (Å²) in [5.41, 5.74) is 0.740. The highest BCUT2D eigenvalue weighted by Gasteiger charge is 2.35. The van der Waals surface area contributed by atoms with Crippen LogP contribution in [0.4, 0.5) is 0 Å². The molecule has 0 amide bonds. The van der Waals surface area contributed by atoms with Gasteiger partial charge in [-0.2, -0.15) is 0 Å². The average Bonchev–Trinajstić information content (AvgIpc) is 2.57. The molecule has 1 saturated heterocycles. The first-order chi connectivity index (χ1) is 11.5. The van der Waals surface area contributed by atoms with Crippen molar-refractivity contribution in [2.45, 2.75) is 57.2 Å². The molecule has 1 aromatic rings. The van der Waals surface area contributed by atoms with Gasteiger partial charge >= 0.3 is 0 Å². The molecular formula is C19H25Cl2NO2. The molecule has 5 heteroatoms. The van der Waals surface area contributed by atoms with Crippen LogP contribution in [0.15, 0.2) is 24.0 Å². The Morgan fingerprint density at radius 2 is 1.88 bits per heavy atom. The van der Waals surface area contributed by atoms with Crippen molar-refractivity contribution in [3.8, 4) is 0 Å². The van der Waals surface area contributed by atoms with Gasteiger partial charge in [0.05, 0.1) is 10.0 Å². The smallest absolute Gasteiger partial charge is 0.122 e. The molecule has 0 bridgehead atoms. The van der Waals surface area contributed by atoms with Crippen LogP contribution in [0.1, 0.15) is 44.6 Å². The van der Waals surface area contributed by atoms with Gasteiger partial charge in [-0.1, -0.05) is 29.3 Å². The molecule has 1 saturated carbocycles. The topological polar surface area (TPSA) is 43.7 Å². The normalized spacial score (nSPS) is 30.0. The fraction of sp³-hybridized carbons (Fsp3) is 0.579. The second-order valence-corrected chi connectivity index (χ2v) is 7.95. The van der Waals surface area contributed by atoms with Gasteiger partial charge in [-0.3, -0.25) is 4.90 Å². The van der Waals surface area contributed by atoms with E-state index in [1.54, 1.807) is 24.3 Å². The Bertz CT molecular complexity index is 611. The Balaban J connectivity index is 1.58. The largest absolute Gasteiger partial charge is 0.510 e. The zero-order valence-electron chi connectivity index (χ0n) is 14.0. The number of hydrogen-bond donors (Lipinski definition) is 2. The highest BCUT2D eigenvalue weighted by Crippen LogP contribution is 2.35. The van der Waals surface area contributed by atoms with Gasteiger partial charge < -0.3 is 10.2 Å². The summed E-state index contributed by atoms with van der Waals surface area (Å²) >= 11 is 11.9. The van der Waals surface area contributed by atoms with Crippen LogP contribution in [0, 0.1) is 5.92 Å². The van der Waals surface area contributed by atoms with Crippen LogP contribution in [0.5, 0.6) is 0 Å². The lowest BCUT2D eigenvalue weighted by atomic mass is 9.80. The van der Waals surface area contributed by atoms with E-state index in [9.17, 15) is 10.2 Å². The Morgan fingerprint density at radius 3 is 2.42 bits per heavy atom. The van der Waals surface area contributed by atoms with Crippen LogP contribution in [0.2, 0.25) is 10.0 Å². The van der Waals surface area contributed by atoms with E-state index in [1.807, 2.05) is 0 Å². The van der Waals surface area contributed by atoms with Crippen LogP contribution < -0.4 is 0 Å². The van der Waals surface area contributed by atoms with Crippen molar-refractivity contribution < 1.29 is 10.2 Å². The van der Waals surface area contributed by atoms with Crippen molar-refractivity contribution in [3.05, 3.63) is 39.6 Å². The Morgan fingerprint density at radius 1 is 1.17 bits per heavy atom. The zero-order chi connectivity index (χ0) is 17.3. The maximum atomic E-state index is 10.5. The standard InChI is InChI=1S/C19H25Cl2NO2/c1-12-8-9-22(12)15-5-3-14(4-6-15)19(24)18(23)11-13-2-7-16(20)17(21)10-13/h2,7,10-12,14-15,19,23-24H,3-6,8-9H2,1H3. The van der Waals surface area contributed by atoms with Crippen molar-refractivity contribution in [2.24, 2.45) is 5.92 Å². The maximum Gasteiger partial charge on any atom is 0.122 e. The summed E-state index contributed by atoms with van der Waals surface area (Å²) in [5, 5.41) is 21.7. The molecule has 24 heavy (non-hydrogen) atoms. The fourth-order valence-electron chi connectivity index (χ4n) is 3.93. The van der Waals surface area contributed by atoms with E-state index >= 15 is 0 Å². The summed E-state index contributed by atoms with van der Waals surface area (Å²) in [6.07, 6.45) is 6.18. The van der Waals surface area contributed by atoms with Gasteiger partial charge in [0.2, 0.25) is 0 Å². The predicted molar refractivity (Wildman–Crippen MR) is 99.6 cm³/mol. The molecule has 2 aliphatic rings. The number of aliphatic hydroxyl groups is 2. The summed E-state index contributed by atoms with van der Waals surface area (Å²) in [4.78, 5) is 2.58. The van der Waals surface area contributed by atoms with E-state index in [4.69, 9.17) is 23.2 Å². The van der Waals surface area contributed by atoms with Gasteiger partial charge in [0, 0.05) is 18.6 Å². The lowest BCUT2D eigenvalue weighted by Gasteiger charge is -2.47. The predicted octanol–water partition coefficient (Wildman–Crippen LogP) is 4.91. The number of benzene rings is 1. The summed E-state index contributed by atoms with van der Waals surface area (Å²) < 4.78 is 0.